The van der Waals surface area contributed by atoms with Crippen LogP contribution in [0.2, 0.25) is 5.02 Å². The van der Waals surface area contributed by atoms with E-state index in [0.717, 1.165) is 21.3 Å². The summed E-state index contributed by atoms with van der Waals surface area (Å²) in [6, 6.07) is 10.2. The van der Waals surface area contributed by atoms with E-state index in [2.05, 4.69) is 4.99 Å². The van der Waals surface area contributed by atoms with Gasteiger partial charge in [-0.3, -0.25) is 4.79 Å². The fourth-order valence-corrected chi connectivity index (χ4v) is 5.21. The van der Waals surface area contributed by atoms with Crippen molar-refractivity contribution < 1.29 is 13.2 Å². The Morgan fingerprint density at radius 2 is 1.82 bits per heavy atom. The molecule has 0 unspecified atom stereocenters. The fourth-order valence-electron chi connectivity index (χ4n) is 2.90. The molecule has 0 saturated carbocycles. The number of carbonyl (C=O) groups excluding carboxylic acids is 1. The second kappa shape index (κ2) is 7.81. The van der Waals surface area contributed by atoms with E-state index in [9.17, 15) is 13.2 Å². The Hall–Kier alpha value is -1.96. The Balaban J connectivity index is 1.87. The molecule has 5 nitrogen and oxygen atoms in total. The number of thiazole rings is 1. The topological polar surface area (TPSA) is 68.5 Å². The van der Waals surface area contributed by atoms with Crippen LogP contribution in [0.4, 0.5) is 0 Å². The van der Waals surface area contributed by atoms with Crippen LogP contribution in [0.5, 0.6) is 0 Å². The van der Waals surface area contributed by atoms with E-state index >= 15 is 0 Å². The maximum absolute atomic E-state index is 12.4. The predicted octanol–water partition coefficient (Wildman–Crippen LogP) is 4.05. The van der Waals surface area contributed by atoms with Crippen LogP contribution in [0.15, 0.2) is 46.3 Å². The van der Waals surface area contributed by atoms with Gasteiger partial charge in [0.15, 0.2) is 14.6 Å². The molecule has 0 aliphatic heterocycles. The highest BCUT2D eigenvalue weighted by Crippen LogP contribution is 2.26. The van der Waals surface area contributed by atoms with E-state index in [-0.39, 0.29) is 17.2 Å². The smallest absolute Gasteiger partial charge is 0.252 e. The van der Waals surface area contributed by atoms with E-state index in [4.69, 9.17) is 11.6 Å². The highest BCUT2D eigenvalue weighted by atomic mass is 35.5. The van der Waals surface area contributed by atoms with Gasteiger partial charge < -0.3 is 4.57 Å². The molecule has 0 N–H and O–H groups in total. The number of carbonyl (C=O) groups is 1. The highest BCUT2D eigenvalue weighted by molar-refractivity contribution is 7.92. The van der Waals surface area contributed by atoms with Crippen molar-refractivity contribution in [2.75, 3.05) is 0 Å². The SMILES string of the molecule is Cc1c(Cl)ccc2sc(=NC(=O)Cc3ccc(S(=O)(=O)C(C)C)cc3)n(C)c12. The first-order valence-electron chi connectivity index (χ1n) is 8.76. The Labute approximate surface area is 173 Å². The Morgan fingerprint density at radius 3 is 2.43 bits per heavy atom. The van der Waals surface area contributed by atoms with E-state index in [1.165, 1.54) is 11.3 Å². The minimum atomic E-state index is -3.32. The van der Waals surface area contributed by atoms with Crippen molar-refractivity contribution in [1.29, 1.82) is 0 Å². The number of rotatable bonds is 4. The van der Waals surface area contributed by atoms with Crippen molar-refractivity contribution in [1.82, 2.24) is 4.57 Å². The lowest BCUT2D eigenvalue weighted by atomic mass is 10.1. The van der Waals surface area contributed by atoms with Crippen LogP contribution in [0.3, 0.4) is 0 Å². The molecule has 0 radical (unpaired) electrons. The Bertz CT molecular complexity index is 1220. The number of nitrogens with zero attached hydrogens (tertiary/aromatic N) is 2. The number of hydrogen-bond donors (Lipinski definition) is 0. The second-order valence-electron chi connectivity index (χ2n) is 6.88. The van der Waals surface area contributed by atoms with Crippen LogP contribution in [0.25, 0.3) is 10.2 Å². The molecule has 0 saturated heterocycles. The number of aryl methyl sites for hydroxylation is 2. The zero-order valence-corrected chi connectivity index (χ0v) is 18.5. The van der Waals surface area contributed by atoms with Gasteiger partial charge in [0.05, 0.1) is 26.8 Å². The summed E-state index contributed by atoms with van der Waals surface area (Å²) < 4.78 is 27.3. The number of aromatic nitrogens is 1. The lowest BCUT2D eigenvalue weighted by molar-refractivity contribution is -0.117. The summed E-state index contributed by atoms with van der Waals surface area (Å²) in [7, 11) is -1.46. The van der Waals surface area contributed by atoms with Crippen LogP contribution in [-0.4, -0.2) is 24.1 Å². The quantitative estimate of drug-likeness (QED) is 0.619. The molecule has 0 fully saturated rings. The molecule has 0 aliphatic carbocycles. The number of fused-ring (bicyclic) bond motifs is 1. The van der Waals surface area contributed by atoms with E-state index in [0.29, 0.717) is 9.82 Å². The van der Waals surface area contributed by atoms with Gasteiger partial charge in [0.25, 0.3) is 5.91 Å². The van der Waals surface area contributed by atoms with Gasteiger partial charge in [0.2, 0.25) is 0 Å². The Kier molecular flexibility index (Phi) is 5.79. The van der Waals surface area contributed by atoms with E-state index in [1.807, 2.05) is 30.7 Å². The maximum Gasteiger partial charge on any atom is 0.252 e. The van der Waals surface area contributed by atoms with Crippen molar-refractivity contribution in [3.05, 3.63) is 57.3 Å². The third kappa shape index (κ3) is 3.92. The lowest BCUT2D eigenvalue weighted by Crippen LogP contribution is -2.15. The van der Waals surface area contributed by atoms with Crippen molar-refractivity contribution in [3.63, 3.8) is 0 Å². The number of hydrogen-bond acceptors (Lipinski definition) is 4. The van der Waals surface area contributed by atoms with Gasteiger partial charge in [-0.15, -0.1) is 0 Å². The van der Waals surface area contributed by atoms with Crippen molar-refractivity contribution in [2.24, 2.45) is 12.0 Å². The summed E-state index contributed by atoms with van der Waals surface area (Å²) in [5, 5.41) is 0.190. The number of benzene rings is 2. The summed E-state index contributed by atoms with van der Waals surface area (Å²) in [4.78, 5) is 17.5. The molecule has 0 atom stereocenters. The minimum Gasteiger partial charge on any atom is -0.319 e. The monoisotopic (exact) mass is 436 g/mol. The van der Waals surface area contributed by atoms with E-state index in [1.54, 1.807) is 38.1 Å². The zero-order chi connectivity index (χ0) is 20.6. The van der Waals surface area contributed by atoms with Gasteiger partial charge in [-0.2, -0.15) is 4.99 Å². The van der Waals surface area contributed by atoms with Gasteiger partial charge in [-0.1, -0.05) is 35.1 Å². The maximum atomic E-state index is 12.4. The summed E-state index contributed by atoms with van der Waals surface area (Å²) in [6.07, 6.45) is 0.107. The number of sulfone groups is 1. The van der Waals surface area contributed by atoms with Gasteiger partial charge in [0, 0.05) is 12.1 Å². The third-order valence-corrected chi connectivity index (χ3v) is 8.28. The minimum absolute atomic E-state index is 0.107. The van der Waals surface area contributed by atoms with Crippen molar-refractivity contribution in [2.45, 2.75) is 37.3 Å². The fraction of sp³-hybridized carbons (Fsp3) is 0.300. The van der Waals surface area contributed by atoms with E-state index < -0.39 is 15.1 Å². The van der Waals surface area contributed by atoms with Gasteiger partial charge >= 0.3 is 0 Å². The predicted molar refractivity (Wildman–Crippen MR) is 114 cm³/mol. The van der Waals surface area contributed by atoms with Crippen LogP contribution in [0.1, 0.15) is 25.0 Å². The summed E-state index contributed by atoms with van der Waals surface area (Å²) in [6.45, 7) is 5.23. The van der Waals surface area contributed by atoms with Crippen LogP contribution in [-0.2, 0) is 28.1 Å². The van der Waals surface area contributed by atoms with Crippen molar-refractivity contribution in [3.8, 4) is 0 Å². The average molecular weight is 437 g/mol. The molecule has 3 rings (SSSR count). The standard InChI is InChI=1S/C20H21ClN2O3S2/c1-12(2)28(25,26)15-7-5-14(6-8-15)11-18(24)22-20-23(4)19-13(3)16(21)9-10-17(19)27-20/h5-10,12H,11H2,1-4H3. The van der Waals surface area contributed by atoms with Gasteiger partial charge in [-0.25, -0.2) is 8.42 Å². The van der Waals surface area contributed by atoms with Gasteiger partial charge in [0.1, 0.15) is 0 Å². The first-order valence-corrected chi connectivity index (χ1v) is 11.5. The lowest BCUT2D eigenvalue weighted by Gasteiger charge is -2.08. The number of amides is 1. The molecular formula is C20H21ClN2O3S2. The Morgan fingerprint density at radius 1 is 1.18 bits per heavy atom. The number of halogens is 1. The molecule has 0 spiro atoms. The summed E-state index contributed by atoms with van der Waals surface area (Å²) in [5.41, 5.74) is 2.64. The van der Waals surface area contributed by atoms with Crippen LogP contribution in [0, 0.1) is 6.92 Å². The zero-order valence-electron chi connectivity index (χ0n) is 16.1. The normalized spacial score (nSPS) is 12.9. The third-order valence-electron chi connectivity index (χ3n) is 4.60. The molecule has 2 aromatic carbocycles. The molecule has 1 heterocycles. The molecule has 1 aromatic heterocycles. The molecule has 8 heteroatoms. The van der Waals surface area contributed by atoms with Gasteiger partial charge in [-0.05, 0) is 56.2 Å². The second-order valence-corrected chi connectivity index (χ2v) is 10.8. The highest BCUT2D eigenvalue weighted by Gasteiger charge is 2.19. The summed E-state index contributed by atoms with van der Waals surface area (Å²) >= 11 is 7.63. The first kappa shape index (κ1) is 20.8. The molecule has 148 valence electrons. The average Bonchev–Trinajstić information content (AvgIpc) is 2.94. The van der Waals surface area contributed by atoms with Crippen LogP contribution < -0.4 is 4.80 Å². The molecule has 28 heavy (non-hydrogen) atoms. The molecule has 1 amide bonds. The largest absolute Gasteiger partial charge is 0.319 e. The molecule has 0 bridgehead atoms. The first-order chi connectivity index (χ1) is 13.1. The molecular weight excluding hydrogens is 416 g/mol. The molecule has 3 aromatic rings. The van der Waals surface area contributed by atoms with Crippen LogP contribution >= 0.6 is 22.9 Å². The van der Waals surface area contributed by atoms with Crippen molar-refractivity contribution >= 4 is 48.9 Å². The molecule has 0 aliphatic rings. The summed E-state index contributed by atoms with van der Waals surface area (Å²) in [5.74, 6) is -0.287.